The molecule has 1 aliphatic heterocycles. The van der Waals surface area contributed by atoms with Gasteiger partial charge in [-0.2, -0.15) is 0 Å². The van der Waals surface area contributed by atoms with Crippen LogP contribution in [0.4, 0.5) is 0 Å². The van der Waals surface area contributed by atoms with Crippen molar-refractivity contribution in [2.75, 3.05) is 6.61 Å². The molecule has 3 heteroatoms. The van der Waals surface area contributed by atoms with Gasteiger partial charge in [0.2, 0.25) is 0 Å². The van der Waals surface area contributed by atoms with Crippen LogP contribution in [0.1, 0.15) is 12.8 Å². The Bertz CT molecular complexity index is 148. The monoisotopic (exact) mass is 128 g/mol. The summed E-state index contributed by atoms with van der Waals surface area (Å²) in [7, 11) is 0. The van der Waals surface area contributed by atoms with Crippen LogP contribution in [-0.2, 0) is 9.53 Å². The van der Waals surface area contributed by atoms with E-state index in [1.54, 1.807) is 0 Å². The van der Waals surface area contributed by atoms with Crippen LogP contribution in [0, 0.1) is 0 Å². The molecule has 0 aliphatic carbocycles. The Balaban J connectivity index is 2.35. The molecule has 0 bridgehead atoms. The summed E-state index contributed by atoms with van der Waals surface area (Å²) in [5.74, 6) is -0.231. The predicted molar refractivity (Wildman–Crippen MR) is 30.9 cm³/mol. The lowest BCUT2D eigenvalue weighted by Gasteiger charge is -1.96. The Morgan fingerprint density at radius 1 is 1.89 bits per heavy atom. The standard InChI is InChI=1S/C6H8O3/c7-6(8)4-5-2-1-3-9-5/h2H,1,3-4H2,(H,7,8). The lowest BCUT2D eigenvalue weighted by molar-refractivity contribution is -0.136. The Morgan fingerprint density at radius 2 is 2.67 bits per heavy atom. The van der Waals surface area contributed by atoms with E-state index in [9.17, 15) is 4.79 Å². The average molecular weight is 128 g/mol. The molecule has 3 nitrogen and oxygen atoms in total. The Hall–Kier alpha value is -0.990. The topological polar surface area (TPSA) is 46.5 Å². The van der Waals surface area contributed by atoms with Crippen LogP contribution >= 0.6 is 0 Å². The maximum Gasteiger partial charge on any atom is 0.311 e. The highest BCUT2D eigenvalue weighted by molar-refractivity contribution is 5.69. The molecule has 0 fully saturated rings. The molecule has 1 N–H and O–H groups in total. The first-order valence-electron chi connectivity index (χ1n) is 2.82. The molecule has 0 aromatic carbocycles. The summed E-state index contributed by atoms with van der Waals surface area (Å²) in [6.07, 6.45) is 2.69. The second-order valence-corrected chi connectivity index (χ2v) is 1.88. The number of carboxylic acids is 1. The third-order valence-electron chi connectivity index (χ3n) is 1.10. The third kappa shape index (κ3) is 1.76. The van der Waals surface area contributed by atoms with E-state index in [0.29, 0.717) is 12.4 Å². The van der Waals surface area contributed by atoms with E-state index < -0.39 is 5.97 Å². The summed E-state index contributed by atoms with van der Waals surface area (Å²) in [5, 5.41) is 8.25. The van der Waals surface area contributed by atoms with Gasteiger partial charge in [0.1, 0.15) is 12.2 Å². The average Bonchev–Trinajstić information content (AvgIpc) is 2.15. The van der Waals surface area contributed by atoms with Gasteiger partial charge >= 0.3 is 5.97 Å². The van der Waals surface area contributed by atoms with Gasteiger partial charge in [0.25, 0.3) is 0 Å². The molecule has 0 spiro atoms. The summed E-state index contributed by atoms with van der Waals surface area (Å²) in [6, 6.07) is 0. The molecule has 0 aromatic heterocycles. The second-order valence-electron chi connectivity index (χ2n) is 1.88. The van der Waals surface area contributed by atoms with E-state index in [1.807, 2.05) is 6.08 Å². The van der Waals surface area contributed by atoms with Gasteiger partial charge in [0, 0.05) is 6.42 Å². The van der Waals surface area contributed by atoms with Gasteiger partial charge in [0.15, 0.2) is 0 Å². The highest BCUT2D eigenvalue weighted by atomic mass is 16.5. The first kappa shape index (κ1) is 6.13. The summed E-state index contributed by atoms with van der Waals surface area (Å²) in [5.41, 5.74) is 0. The highest BCUT2D eigenvalue weighted by Crippen LogP contribution is 2.11. The second kappa shape index (κ2) is 2.53. The number of aliphatic carboxylic acids is 1. The summed E-state index contributed by atoms with van der Waals surface area (Å²) >= 11 is 0. The maximum absolute atomic E-state index is 10.0. The summed E-state index contributed by atoms with van der Waals surface area (Å²) in [4.78, 5) is 10.0. The lowest BCUT2D eigenvalue weighted by Crippen LogP contribution is -1.97. The minimum absolute atomic E-state index is 0.0278. The lowest BCUT2D eigenvalue weighted by atomic mass is 10.3. The van der Waals surface area contributed by atoms with E-state index in [-0.39, 0.29) is 6.42 Å². The van der Waals surface area contributed by atoms with Crippen molar-refractivity contribution in [2.45, 2.75) is 12.8 Å². The number of hydrogen-bond acceptors (Lipinski definition) is 2. The molecular formula is C6H8O3. The van der Waals surface area contributed by atoms with Crippen LogP contribution in [0.3, 0.4) is 0 Å². The smallest absolute Gasteiger partial charge is 0.311 e. The number of ether oxygens (including phenoxy) is 1. The minimum atomic E-state index is -0.830. The number of hydrogen-bond donors (Lipinski definition) is 1. The quantitative estimate of drug-likeness (QED) is 0.597. The highest BCUT2D eigenvalue weighted by Gasteiger charge is 2.08. The molecule has 1 aliphatic rings. The first-order chi connectivity index (χ1) is 4.29. The minimum Gasteiger partial charge on any atom is -0.497 e. The van der Waals surface area contributed by atoms with Crippen molar-refractivity contribution in [3.8, 4) is 0 Å². The van der Waals surface area contributed by atoms with Gasteiger partial charge in [-0.15, -0.1) is 0 Å². The summed E-state index contributed by atoms with van der Waals surface area (Å²) < 4.78 is 4.94. The van der Waals surface area contributed by atoms with Crippen molar-refractivity contribution >= 4 is 5.97 Å². The number of carboxylic acid groups (broad SMARTS) is 1. The van der Waals surface area contributed by atoms with Crippen molar-refractivity contribution in [1.82, 2.24) is 0 Å². The number of carbonyl (C=O) groups is 1. The predicted octanol–water partition coefficient (Wildman–Crippen LogP) is 0.765. The van der Waals surface area contributed by atoms with Crippen LogP contribution in [0.5, 0.6) is 0 Å². The molecule has 50 valence electrons. The fourth-order valence-electron chi connectivity index (χ4n) is 0.741. The Kier molecular flexibility index (Phi) is 1.72. The van der Waals surface area contributed by atoms with E-state index in [2.05, 4.69) is 0 Å². The van der Waals surface area contributed by atoms with E-state index in [0.717, 1.165) is 6.42 Å². The van der Waals surface area contributed by atoms with Gasteiger partial charge < -0.3 is 9.84 Å². The summed E-state index contributed by atoms with van der Waals surface area (Å²) in [6.45, 7) is 0.641. The van der Waals surface area contributed by atoms with Crippen molar-refractivity contribution < 1.29 is 14.6 Å². The van der Waals surface area contributed by atoms with Gasteiger partial charge in [-0.1, -0.05) is 0 Å². The molecule has 9 heavy (non-hydrogen) atoms. The van der Waals surface area contributed by atoms with Gasteiger partial charge in [-0.25, -0.2) is 0 Å². The maximum atomic E-state index is 10.0. The van der Waals surface area contributed by atoms with Crippen LogP contribution in [0.2, 0.25) is 0 Å². The molecule has 0 aromatic rings. The van der Waals surface area contributed by atoms with Crippen molar-refractivity contribution in [3.05, 3.63) is 11.8 Å². The van der Waals surface area contributed by atoms with Crippen LogP contribution in [0.25, 0.3) is 0 Å². The van der Waals surface area contributed by atoms with Crippen LogP contribution in [-0.4, -0.2) is 17.7 Å². The zero-order valence-electron chi connectivity index (χ0n) is 4.96. The van der Waals surface area contributed by atoms with Crippen molar-refractivity contribution in [2.24, 2.45) is 0 Å². The van der Waals surface area contributed by atoms with Crippen LogP contribution in [0.15, 0.2) is 11.8 Å². The van der Waals surface area contributed by atoms with Gasteiger partial charge in [-0.05, 0) is 6.08 Å². The molecule has 0 amide bonds. The zero-order valence-corrected chi connectivity index (χ0v) is 4.96. The third-order valence-corrected chi connectivity index (χ3v) is 1.10. The fraction of sp³-hybridized carbons (Fsp3) is 0.500. The van der Waals surface area contributed by atoms with Gasteiger partial charge in [0.05, 0.1) is 6.61 Å². The molecule has 0 radical (unpaired) electrons. The Morgan fingerprint density at radius 3 is 3.11 bits per heavy atom. The molecule has 0 unspecified atom stereocenters. The van der Waals surface area contributed by atoms with Crippen LogP contribution < -0.4 is 0 Å². The molecule has 1 rings (SSSR count). The van der Waals surface area contributed by atoms with E-state index in [1.165, 1.54) is 0 Å². The molecule has 0 saturated heterocycles. The SMILES string of the molecule is O=C(O)CC1=CCCO1. The largest absolute Gasteiger partial charge is 0.497 e. The Labute approximate surface area is 52.9 Å². The first-order valence-corrected chi connectivity index (χ1v) is 2.82. The zero-order chi connectivity index (χ0) is 6.69. The molecule has 1 heterocycles. The van der Waals surface area contributed by atoms with Crippen molar-refractivity contribution in [3.63, 3.8) is 0 Å². The van der Waals surface area contributed by atoms with E-state index in [4.69, 9.17) is 9.84 Å². The fourth-order valence-corrected chi connectivity index (χ4v) is 0.741. The van der Waals surface area contributed by atoms with Gasteiger partial charge in [-0.3, -0.25) is 4.79 Å². The molecular weight excluding hydrogens is 120 g/mol. The number of rotatable bonds is 2. The van der Waals surface area contributed by atoms with Crippen molar-refractivity contribution in [1.29, 1.82) is 0 Å². The van der Waals surface area contributed by atoms with E-state index >= 15 is 0 Å². The molecule has 0 saturated carbocycles. The normalized spacial score (nSPS) is 16.7. The molecule has 0 atom stereocenters.